The normalized spacial score (nSPS) is 24.7. The summed E-state index contributed by atoms with van der Waals surface area (Å²) in [4.78, 5) is 37.7. The van der Waals surface area contributed by atoms with Crippen molar-refractivity contribution in [3.63, 3.8) is 0 Å². The Kier molecular flexibility index (Phi) is 3.49. The Labute approximate surface area is 127 Å². The van der Waals surface area contributed by atoms with Gasteiger partial charge in [-0.15, -0.1) is 0 Å². The van der Waals surface area contributed by atoms with Crippen LogP contribution in [0.5, 0.6) is 0 Å². The van der Waals surface area contributed by atoms with E-state index in [1.165, 1.54) is 0 Å². The van der Waals surface area contributed by atoms with E-state index in [1.54, 1.807) is 23.9 Å². The first-order valence-electron chi connectivity index (χ1n) is 6.84. The van der Waals surface area contributed by atoms with Gasteiger partial charge in [-0.05, 0) is 19.1 Å². The van der Waals surface area contributed by atoms with Gasteiger partial charge >= 0.3 is 6.03 Å². The van der Waals surface area contributed by atoms with Crippen LogP contribution >= 0.6 is 11.8 Å². The Bertz CT molecular complexity index is 606. The van der Waals surface area contributed by atoms with Crippen molar-refractivity contribution in [2.24, 2.45) is 0 Å². The molecule has 0 aliphatic carbocycles. The van der Waals surface area contributed by atoms with Gasteiger partial charge in [-0.25, -0.2) is 4.79 Å². The summed E-state index contributed by atoms with van der Waals surface area (Å²) in [5.41, 5.74) is 0.793. The van der Waals surface area contributed by atoms with Gasteiger partial charge in [0.1, 0.15) is 5.54 Å². The highest BCUT2D eigenvalue weighted by atomic mass is 32.2. The average Bonchev–Trinajstić information content (AvgIpc) is 3.01. The van der Waals surface area contributed by atoms with Crippen LogP contribution in [0.2, 0.25) is 0 Å². The summed E-state index contributed by atoms with van der Waals surface area (Å²) in [6, 6.07) is 6.67. The molecule has 2 heterocycles. The first-order valence-corrected chi connectivity index (χ1v) is 7.99. The number of nitrogens with zero attached hydrogens (tertiary/aromatic N) is 1. The molecule has 1 aromatic rings. The van der Waals surface area contributed by atoms with Crippen LogP contribution in [0.15, 0.2) is 24.3 Å². The molecule has 110 valence electrons. The van der Waals surface area contributed by atoms with Crippen LogP contribution in [0.3, 0.4) is 0 Å². The molecule has 3 amide bonds. The van der Waals surface area contributed by atoms with Gasteiger partial charge in [0.25, 0.3) is 5.91 Å². The van der Waals surface area contributed by atoms with Crippen molar-refractivity contribution >= 4 is 29.5 Å². The molecule has 1 aromatic carbocycles. The van der Waals surface area contributed by atoms with Crippen molar-refractivity contribution < 1.29 is 14.4 Å². The number of carbonyl (C=O) groups is 3. The van der Waals surface area contributed by atoms with Gasteiger partial charge in [-0.2, -0.15) is 11.8 Å². The van der Waals surface area contributed by atoms with E-state index in [-0.39, 0.29) is 18.2 Å². The molecule has 0 radical (unpaired) electrons. The molecule has 0 aromatic heterocycles. The maximum absolute atomic E-state index is 12.4. The Morgan fingerprint density at radius 3 is 2.67 bits per heavy atom. The van der Waals surface area contributed by atoms with E-state index in [1.807, 2.05) is 19.1 Å². The lowest BCUT2D eigenvalue weighted by Crippen LogP contribution is -2.47. The maximum Gasteiger partial charge on any atom is 0.325 e. The van der Waals surface area contributed by atoms with Crippen LogP contribution in [0.1, 0.15) is 22.3 Å². The summed E-state index contributed by atoms with van der Waals surface area (Å²) in [6.45, 7) is 1.74. The molecule has 2 aliphatic heterocycles. The van der Waals surface area contributed by atoms with Crippen molar-refractivity contribution in [1.29, 1.82) is 0 Å². The minimum atomic E-state index is -0.782. The van der Waals surface area contributed by atoms with Gasteiger partial charge in [-0.1, -0.05) is 29.8 Å². The number of thioether (sulfide) groups is 1. The minimum absolute atomic E-state index is 0.194. The number of carbonyl (C=O) groups excluding carboxylic acids is 3. The van der Waals surface area contributed by atoms with Crippen molar-refractivity contribution in [2.75, 3.05) is 18.1 Å². The third-order valence-corrected chi connectivity index (χ3v) is 5.13. The van der Waals surface area contributed by atoms with E-state index in [9.17, 15) is 14.4 Å². The summed E-state index contributed by atoms with van der Waals surface area (Å²) in [7, 11) is 0. The molecule has 3 rings (SSSR count). The number of hydrogen-bond acceptors (Lipinski definition) is 4. The molecule has 0 bridgehead atoms. The standard InChI is InChI=1S/C15H16N2O3S/c1-10-2-4-11(5-3-10)12(18)8-17-13(19)15(16-14(17)20)6-7-21-9-15/h2-5H,6-9H2,1H3,(H,16,20). The second kappa shape index (κ2) is 5.18. The number of urea groups is 1. The molecule has 1 N–H and O–H groups in total. The number of ketones is 1. The lowest BCUT2D eigenvalue weighted by molar-refractivity contribution is -0.130. The molecular weight excluding hydrogens is 288 g/mol. The maximum atomic E-state index is 12.4. The summed E-state index contributed by atoms with van der Waals surface area (Å²) in [5.74, 6) is 0.956. The van der Waals surface area contributed by atoms with Crippen molar-refractivity contribution in [3.05, 3.63) is 35.4 Å². The number of aryl methyl sites for hydroxylation is 1. The minimum Gasteiger partial charge on any atom is -0.322 e. The van der Waals surface area contributed by atoms with Gasteiger partial charge in [0.15, 0.2) is 5.78 Å². The molecule has 1 atom stereocenters. The fourth-order valence-electron chi connectivity index (χ4n) is 2.63. The number of benzene rings is 1. The van der Waals surface area contributed by atoms with E-state index in [0.717, 1.165) is 16.2 Å². The van der Waals surface area contributed by atoms with Gasteiger partial charge < -0.3 is 5.32 Å². The zero-order chi connectivity index (χ0) is 15.0. The number of nitrogens with one attached hydrogen (secondary N) is 1. The molecular formula is C15H16N2O3S. The van der Waals surface area contributed by atoms with Gasteiger partial charge in [0.05, 0.1) is 6.54 Å². The van der Waals surface area contributed by atoms with Crippen molar-refractivity contribution in [3.8, 4) is 0 Å². The Balaban J connectivity index is 1.75. The Morgan fingerprint density at radius 2 is 2.05 bits per heavy atom. The zero-order valence-corrected chi connectivity index (χ0v) is 12.5. The van der Waals surface area contributed by atoms with Crippen LogP contribution < -0.4 is 5.32 Å². The summed E-state index contributed by atoms with van der Waals surface area (Å²) >= 11 is 1.65. The van der Waals surface area contributed by atoms with E-state index in [2.05, 4.69) is 5.32 Å². The number of rotatable bonds is 3. The highest BCUT2D eigenvalue weighted by Gasteiger charge is 2.53. The van der Waals surface area contributed by atoms with Gasteiger partial charge in [0.2, 0.25) is 0 Å². The van der Waals surface area contributed by atoms with E-state index in [0.29, 0.717) is 17.7 Å². The summed E-state index contributed by atoms with van der Waals surface area (Å²) in [5, 5.41) is 2.76. The fraction of sp³-hybridized carbons (Fsp3) is 0.400. The number of imide groups is 1. The highest BCUT2D eigenvalue weighted by Crippen LogP contribution is 2.33. The number of amides is 3. The largest absolute Gasteiger partial charge is 0.325 e. The second-order valence-electron chi connectivity index (χ2n) is 5.50. The zero-order valence-electron chi connectivity index (χ0n) is 11.7. The Morgan fingerprint density at radius 1 is 1.33 bits per heavy atom. The van der Waals surface area contributed by atoms with Crippen LogP contribution in [0.4, 0.5) is 4.79 Å². The predicted molar refractivity (Wildman–Crippen MR) is 80.4 cm³/mol. The third kappa shape index (κ3) is 2.44. The fourth-order valence-corrected chi connectivity index (χ4v) is 3.95. The SMILES string of the molecule is Cc1ccc(C(=O)CN2C(=O)NC3(CCSC3)C2=O)cc1. The average molecular weight is 304 g/mol. The van der Waals surface area contributed by atoms with Crippen molar-refractivity contribution in [1.82, 2.24) is 10.2 Å². The molecule has 2 aliphatic rings. The predicted octanol–water partition coefficient (Wildman–Crippen LogP) is 1.61. The van der Waals surface area contributed by atoms with Crippen molar-refractivity contribution in [2.45, 2.75) is 18.9 Å². The smallest absolute Gasteiger partial charge is 0.322 e. The molecule has 2 fully saturated rings. The third-order valence-electron chi connectivity index (χ3n) is 3.94. The number of hydrogen-bond donors (Lipinski definition) is 1. The number of Topliss-reactive ketones (excluding diaryl/α,β-unsaturated/α-hetero) is 1. The van der Waals surface area contributed by atoms with Gasteiger partial charge in [-0.3, -0.25) is 14.5 Å². The molecule has 6 heteroatoms. The molecule has 0 saturated carbocycles. The van der Waals surface area contributed by atoms with Crippen LogP contribution in [-0.2, 0) is 4.79 Å². The van der Waals surface area contributed by atoms with E-state index < -0.39 is 11.6 Å². The lowest BCUT2D eigenvalue weighted by Gasteiger charge is -2.18. The molecule has 1 spiro atoms. The molecule has 21 heavy (non-hydrogen) atoms. The first kappa shape index (κ1) is 14.1. The molecule has 1 unspecified atom stereocenters. The molecule has 2 saturated heterocycles. The highest BCUT2D eigenvalue weighted by molar-refractivity contribution is 7.99. The molecule has 5 nitrogen and oxygen atoms in total. The van der Waals surface area contributed by atoms with Crippen LogP contribution in [0.25, 0.3) is 0 Å². The first-order chi connectivity index (χ1) is 10.0. The van der Waals surface area contributed by atoms with E-state index in [4.69, 9.17) is 0 Å². The Hall–Kier alpha value is -1.82. The topological polar surface area (TPSA) is 66.5 Å². The van der Waals surface area contributed by atoms with Crippen LogP contribution in [0, 0.1) is 6.92 Å². The van der Waals surface area contributed by atoms with E-state index >= 15 is 0 Å². The second-order valence-corrected chi connectivity index (χ2v) is 6.60. The van der Waals surface area contributed by atoms with Crippen LogP contribution in [-0.4, -0.2) is 46.2 Å². The quantitative estimate of drug-likeness (QED) is 0.680. The lowest BCUT2D eigenvalue weighted by atomic mass is 9.99. The summed E-state index contributed by atoms with van der Waals surface area (Å²) in [6.07, 6.45) is 0.636. The summed E-state index contributed by atoms with van der Waals surface area (Å²) < 4.78 is 0. The van der Waals surface area contributed by atoms with Gasteiger partial charge in [0, 0.05) is 11.3 Å². The monoisotopic (exact) mass is 304 g/mol.